The van der Waals surface area contributed by atoms with Crippen molar-refractivity contribution in [2.75, 3.05) is 31.6 Å². The van der Waals surface area contributed by atoms with Crippen molar-refractivity contribution in [3.05, 3.63) is 58.9 Å². The normalized spacial score (nSPS) is 15.5. The van der Waals surface area contributed by atoms with Crippen LogP contribution in [0.4, 0.5) is 10.1 Å². The molecule has 0 spiro atoms. The third-order valence-corrected chi connectivity index (χ3v) is 6.39. The van der Waals surface area contributed by atoms with Gasteiger partial charge in [0.05, 0.1) is 18.1 Å². The van der Waals surface area contributed by atoms with Gasteiger partial charge in [-0.25, -0.2) is 12.8 Å². The van der Waals surface area contributed by atoms with Crippen LogP contribution in [0.1, 0.15) is 21.5 Å². The number of hydrogen-bond donors (Lipinski definition) is 1. The van der Waals surface area contributed by atoms with Crippen LogP contribution in [0.2, 0.25) is 0 Å². The second-order valence-corrected chi connectivity index (χ2v) is 8.34. The number of carbonyl (C=O) groups is 1. The van der Waals surface area contributed by atoms with E-state index in [0.717, 1.165) is 0 Å². The number of ether oxygens (including phenoxy) is 1. The minimum Gasteiger partial charge on any atom is -0.379 e. The van der Waals surface area contributed by atoms with Crippen molar-refractivity contribution in [1.29, 1.82) is 0 Å². The number of nitrogens with one attached hydrogen (secondary N) is 1. The average molecular weight is 392 g/mol. The summed E-state index contributed by atoms with van der Waals surface area (Å²) in [6.07, 6.45) is 0. The Balaban J connectivity index is 1.89. The van der Waals surface area contributed by atoms with Crippen LogP contribution in [0.15, 0.2) is 41.3 Å². The van der Waals surface area contributed by atoms with E-state index in [9.17, 15) is 17.6 Å². The summed E-state index contributed by atoms with van der Waals surface area (Å²) in [4.78, 5) is 12.8. The van der Waals surface area contributed by atoms with Crippen LogP contribution in [-0.2, 0) is 14.8 Å². The van der Waals surface area contributed by atoms with E-state index in [0.29, 0.717) is 30.0 Å². The Morgan fingerprint density at radius 3 is 2.44 bits per heavy atom. The maximum atomic E-state index is 13.2. The van der Waals surface area contributed by atoms with Gasteiger partial charge in [-0.3, -0.25) is 4.79 Å². The van der Waals surface area contributed by atoms with Crippen molar-refractivity contribution >= 4 is 21.6 Å². The summed E-state index contributed by atoms with van der Waals surface area (Å²) in [5.74, 6) is -0.832. The summed E-state index contributed by atoms with van der Waals surface area (Å²) < 4.78 is 45.4. The summed E-state index contributed by atoms with van der Waals surface area (Å²) in [7, 11) is -3.70. The Kier molecular flexibility index (Phi) is 5.59. The molecule has 6 nitrogen and oxygen atoms in total. The highest BCUT2D eigenvalue weighted by molar-refractivity contribution is 7.89. The number of rotatable bonds is 4. The van der Waals surface area contributed by atoms with E-state index < -0.39 is 15.9 Å². The molecule has 144 valence electrons. The smallest absolute Gasteiger partial charge is 0.255 e. The van der Waals surface area contributed by atoms with Crippen LogP contribution in [0.25, 0.3) is 0 Å². The standard InChI is InChI=1S/C19H21FN2O4S/c1-13-3-5-16(27(24,25)22-7-9-26-10-8-22)12-17(13)19(23)21-18-6-4-15(20)11-14(18)2/h3-6,11-12H,7-10H2,1-2H3,(H,21,23). The van der Waals surface area contributed by atoms with Crippen LogP contribution in [0.3, 0.4) is 0 Å². The van der Waals surface area contributed by atoms with Gasteiger partial charge in [-0.1, -0.05) is 6.07 Å². The largest absolute Gasteiger partial charge is 0.379 e. The minimum atomic E-state index is -3.70. The van der Waals surface area contributed by atoms with Gasteiger partial charge in [0, 0.05) is 24.3 Å². The van der Waals surface area contributed by atoms with Gasteiger partial charge in [0.25, 0.3) is 5.91 Å². The fourth-order valence-electron chi connectivity index (χ4n) is 2.90. The van der Waals surface area contributed by atoms with Crippen LogP contribution in [0.5, 0.6) is 0 Å². The van der Waals surface area contributed by atoms with Gasteiger partial charge < -0.3 is 10.1 Å². The van der Waals surface area contributed by atoms with Crippen LogP contribution >= 0.6 is 0 Å². The summed E-state index contributed by atoms with van der Waals surface area (Å²) in [5.41, 5.74) is 1.96. The molecule has 1 saturated heterocycles. The average Bonchev–Trinajstić information content (AvgIpc) is 2.65. The quantitative estimate of drug-likeness (QED) is 0.868. The molecule has 2 aromatic carbocycles. The van der Waals surface area contributed by atoms with Gasteiger partial charge in [0.2, 0.25) is 10.0 Å². The van der Waals surface area contributed by atoms with Gasteiger partial charge in [0.1, 0.15) is 5.82 Å². The van der Waals surface area contributed by atoms with E-state index in [2.05, 4.69) is 5.32 Å². The molecule has 0 aromatic heterocycles. The van der Waals surface area contributed by atoms with E-state index in [4.69, 9.17) is 4.74 Å². The molecule has 0 atom stereocenters. The van der Waals surface area contributed by atoms with Crippen molar-refractivity contribution in [3.63, 3.8) is 0 Å². The van der Waals surface area contributed by atoms with Crippen molar-refractivity contribution in [3.8, 4) is 0 Å². The molecule has 1 heterocycles. The van der Waals surface area contributed by atoms with Gasteiger partial charge in [0.15, 0.2) is 0 Å². The van der Waals surface area contributed by atoms with Gasteiger partial charge in [-0.05, 0) is 55.3 Å². The summed E-state index contributed by atoms with van der Waals surface area (Å²) >= 11 is 0. The van der Waals surface area contributed by atoms with Crippen molar-refractivity contribution in [1.82, 2.24) is 4.31 Å². The fourth-order valence-corrected chi connectivity index (χ4v) is 4.33. The molecule has 27 heavy (non-hydrogen) atoms. The molecule has 3 rings (SSSR count). The second-order valence-electron chi connectivity index (χ2n) is 6.41. The van der Waals surface area contributed by atoms with Crippen molar-refractivity contribution < 1.29 is 22.3 Å². The van der Waals surface area contributed by atoms with E-state index >= 15 is 0 Å². The summed E-state index contributed by atoms with van der Waals surface area (Å²) in [6.45, 7) is 4.69. The first kappa shape index (κ1) is 19.5. The fraction of sp³-hybridized carbons (Fsp3) is 0.316. The Hall–Kier alpha value is -2.29. The molecule has 0 bridgehead atoms. The Morgan fingerprint density at radius 1 is 1.07 bits per heavy atom. The molecule has 0 unspecified atom stereocenters. The van der Waals surface area contributed by atoms with E-state index in [-0.39, 0.29) is 29.4 Å². The number of aryl methyl sites for hydroxylation is 2. The van der Waals surface area contributed by atoms with Gasteiger partial charge in [-0.2, -0.15) is 4.31 Å². The molecule has 1 N–H and O–H groups in total. The molecule has 1 amide bonds. The number of sulfonamides is 1. The number of hydrogen-bond acceptors (Lipinski definition) is 4. The highest BCUT2D eigenvalue weighted by Crippen LogP contribution is 2.22. The van der Waals surface area contributed by atoms with E-state index in [1.165, 1.54) is 34.6 Å². The number of halogens is 1. The highest BCUT2D eigenvalue weighted by Gasteiger charge is 2.27. The lowest BCUT2D eigenvalue weighted by molar-refractivity contribution is 0.0730. The predicted octanol–water partition coefficient (Wildman–Crippen LogP) is 2.72. The molecule has 0 aliphatic carbocycles. The molecule has 1 fully saturated rings. The molecular weight excluding hydrogens is 371 g/mol. The third-order valence-electron chi connectivity index (χ3n) is 4.50. The monoisotopic (exact) mass is 392 g/mol. The van der Waals surface area contributed by atoms with Crippen LogP contribution in [0, 0.1) is 19.7 Å². The zero-order valence-electron chi connectivity index (χ0n) is 15.2. The zero-order chi connectivity index (χ0) is 19.6. The zero-order valence-corrected chi connectivity index (χ0v) is 16.0. The molecular formula is C19H21FN2O4S. The molecule has 0 saturated carbocycles. The van der Waals surface area contributed by atoms with Gasteiger partial charge in [-0.15, -0.1) is 0 Å². The van der Waals surface area contributed by atoms with Gasteiger partial charge >= 0.3 is 0 Å². The SMILES string of the molecule is Cc1cc(F)ccc1NC(=O)c1cc(S(=O)(=O)N2CCOCC2)ccc1C. The number of benzene rings is 2. The first-order valence-electron chi connectivity index (χ1n) is 8.55. The lowest BCUT2D eigenvalue weighted by Gasteiger charge is -2.26. The number of amides is 1. The van der Waals surface area contributed by atoms with Crippen molar-refractivity contribution in [2.45, 2.75) is 18.7 Å². The Bertz CT molecular complexity index is 970. The molecule has 2 aromatic rings. The lowest BCUT2D eigenvalue weighted by Crippen LogP contribution is -2.40. The van der Waals surface area contributed by atoms with E-state index in [1.54, 1.807) is 19.9 Å². The highest BCUT2D eigenvalue weighted by atomic mass is 32.2. The van der Waals surface area contributed by atoms with Crippen LogP contribution in [-0.4, -0.2) is 44.9 Å². The first-order valence-corrected chi connectivity index (χ1v) is 9.99. The number of nitrogens with zero attached hydrogens (tertiary/aromatic N) is 1. The van der Waals surface area contributed by atoms with E-state index in [1.807, 2.05) is 0 Å². The second kappa shape index (κ2) is 7.75. The molecule has 8 heteroatoms. The lowest BCUT2D eigenvalue weighted by atomic mass is 10.1. The third kappa shape index (κ3) is 4.18. The maximum absolute atomic E-state index is 13.2. The molecule has 0 radical (unpaired) electrons. The topological polar surface area (TPSA) is 75.7 Å². The predicted molar refractivity (Wildman–Crippen MR) is 99.8 cm³/mol. The summed E-state index contributed by atoms with van der Waals surface area (Å²) in [6, 6.07) is 8.55. The summed E-state index contributed by atoms with van der Waals surface area (Å²) in [5, 5.41) is 2.72. The molecule has 1 aliphatic rings. The minimum absolute atomic E-state index is 0.0657. The maximum Gasteiger partial charge on any atom is 0.255 e. The Labute approximate surface area is 158 Å². The number of anilines is 1. The molecule has 1 aliphatic heterocycles. The van der Waals surface area contributed by atoms with Crippen molar-refractivity contribution in [2.24, 2.45) is 0 Å². The van der Waals surface area contributed by atoms with Crippen LogP contribution < -0.4 is 5.32 Å². The Morgan fingerprint density at radius 2 is 1.78 bits per heavy atom. The number of morpholine rings is 1. The first-order chi connectivity index (χ1) is 12.8. The number of carbonyl (C=O) groups excluding carboxylic acids is 1.